The molecule has 0 atom stereocenters. The van der Waals surface area contributed by atoms with E-state index < -0.39 is 10.9 Å². The van der Waals surface area contributed by atoms with Crippen LogP contribution in [0.2, 0.25) is 0 Å². The number of ether oxygens (including phenoxy) is 2. The molecule has 0 N–H and O–H groups in total. The summed E-state index contributed by atoms with van der Waals surface area (Å²) in [5.74, 6) is -0.394. The first kappa shape index (κ1) is 13.5. The van der Waals surface area contributed by atoms with Crippen molar-refractivity contribution in [3.8, 4) is 0 Å². The Labute approximate surface area is 98.7 Å². The van der Waals surface area contributed by atoms with Crippen LogP contribution in [0.25, 0.3) is 0 Å². The van der Waals surface area contributed by atoms with Gasteiger partial charge in [0, 0.05) is 24.7 Å². The number of rotatable bonds is 8. The third-order valence-electron chi connectivity index (χ3n) is 1.99. The fourth-order valence-corrected chi connectivity index (χ4v) is 1.30. The van der Waals surface area contributed by atoms with E-state index in [2.05, 4.69) is 10.1 Å². The lowest BCUT2D eigenvalue weighted by Gasteiger charge is -2.15. The van der Waals surface area contributed by atoms with Gasteiger partial charge in [0.05, 0.1) is 6.54 Å². The van der Waals surface area contributed by atoms with Gasteiger partial charge >= 0.3 is 5.95 Å². The summed E-state index contributed by atoms with van der Waals surface area (Å²) in [5.41, 5.74) is 0. The van der Waals surface area contributed by atoms with Crippen molar-refractivity contribution in [2.45, 2.75) is 33.1 Å². The van der Waals surface area contributed by atoms with Gasteiger partial charge in [-0.15, -0.1) is 0 Å². The van der Waals surface area contributed by atoms with Crippen LogP contribution in [0.5, 0.6) is 0 Å². The molecule has 1 aromatic rings. The van der Waals surface area contributed by atoms with Crippen molar-refractivity contribution >= 4 is 5.95 Å². The zero-order valence-corrected chi connectivity index (χ0v) is 9.90. The third-order valence-corrected chi connectivity index (χ3v) is 1.99. The van der Waals surface area contributed by atoms with Crippen LogP contribution in [0.3, 0.4) is 0 Å². The van der Waals surface area contributed by atoms with Crippen molar-refractivity contribution in [2.75, 3.05) is 13.2 Å². The first-order chi connectivity index (χ1) is 8.17. The average molecular weight is 244 g/mol. The minimum Gasteiger partial charge on any atom is -0.390 e. The standard InChI is InChI=1S/C9H16N4O4/c1-3-16-8(17-4-2)5-6-12-7-10-9(11-12)13(14)15/h7-8H,3-6H2,1-2H3. The summed E-state index contributed by atoms with van der Waals surface area (Å²) in [6, 6.07) is 0. The van der Waals surface area contributed by atoms with E-state index in [9.17, 15) is 10.1 Å². The molecule has 1 rings (SSSR count). The maximum Gasteiger partial charge on any atom is 0.490 e. The molecule has 0 aliphatic rings. The zero-order valence-electron chi connectivity index (χ0n) is 9.90. The summed E-state index contributed by atoms with van der Waals surface area (Å²) in [4.78, 5) is 13.3. The Hall–Kier alpha value is -1.54. The molecule has 0 bridgehead atoms. The van der Waals surface area contributed by atoms with E-state index in [1.54, 1.807) is 0 Å². The lowest BCUT2D eigenvalue weighted by atomic mass is 10.4. The molecule has 0 spiro atoms. The first-order valence-electron chi connectivity index (χ1n) is 5.44. The average Bonchev–Trinajstić information content (AvgIpc) is 2.75. The zero-order chi connectivity index (χ0) is 12.7. The predicted octanol–water partition coefficient (Wildman–Crippen LogP) is 0.975. The van der Waals surface area contributed by atoms with Gasteiger partial charge in [-0.05, 0) is 18.8 Å². The van der Waals surface area contributed by atoms with Crippen LogP contribution in [0, 0.1) is 10.1 Å². The van der Waals surface area contributed by atoms with E-state index in [0.29, 0.717) is 26.2 Å². The molecule has 8 heteroatoms. The van der Waals surface area contributed by atoms with Crippen molar-refractivity contribution in [3.05, 3.63) is 16.4 Å². The van der Waals surface area contributed by atoms with Crippen LogP contribution in [-0.2, 0) is 16.0 Å². The van der Waals surface area contributed by atoms with Gasteiger partial charge in [0.2, 0.25) is 6.33 Å². The van der Waals surface area contributed by atoms with Gasteiger partial charge in [0.1, 0.15) is 0 Å². The largest absolute Gasteiger partial charge is 0.490 e. The second kappa shape index (κ2) is 6.92. The summed E-state index contributed by atoms with van der Waals surface area (Å²) in [6.07, 6.45) is 1.59. The highest BCUT2D eigenvalue weighted by molar-refractivity contribution is 4.96. The fourth-order valence-electron chi connectivity index (χ4n) is 1.30. The third kappa shape index (κ3) is 4.45. The van der Waals surface area contributed by atoms with Crippen LogP contribution < -0.4 is 0 Å². The molecule has 8 nitrogen and oxygen atoms in total. The molecule has 17 heavy (non-hydrogen) atoms. The van der Waals surface area contributed by atoms with E-state index in [0.717, 1.165) is 0 Å². The molecule has 96 valence electrons. The van der Waals surface area contributed by atoms with Gasteiger partial charge in [0.25, 0.3) is 0 Å². The lowest BCUT2D eigenvalue weighted by molar-refractivity contribution is -0.394. The summed E-state index contributed by atoms with van der Waals surface area (Å²) < 4.78 is 12.1. The number of hydrogen-bond donors (Lipinski definition) is 0. The van der Waals surface area contributed by atoms with Crippen molar-refractivity contribution in [3.63, 3.8) is 0 Å². The Morgan fingerprint density at radius 2 is 2.12 bits per heavy atom. The van der Waals surface area contributed by atoms with Gasteiger partial charge in [-0.1, -0.05) is 4.98 Å². The molecule has 0 amide bonds. The van der Waals surface area contributed by atoms with Crippen molar-refractivity contribution < 1.29 is 14.4 Å². The minimum absolute atomic E-state index is 0.312. The summed E-state index contributed by atoms with van der Waals surface area (Å²) >= 11 is 0. The fraction of sp³-hybridized carbons (Fsp3) is 0.778. The normalized spacial score (nSPS) is 11.0. The summed E-state index contributed by atoms with van der Waals surface area (Å²) in [5, 5.41) is 14.1. The quantitative estimate of drug-likeness (QED) is 0.384. The second-order valence-electron chi connectivity index (χ2n) is 3.19. The lowest BCUT2D eigenvalue weighted by Crippen LogP contribution is -2.19. The van der Waals surface area contributed by atoms with E-state index in [1.807, 2.05) is 13.8 Å². The number of nitrogens with zero attached hydrogens (tertiary/aromatic N) is 4. The maximum atomic E-state index is 10.4. The Balaban J connectivity index is 2.44. The number of nitro groups is 1. The monoisotopic (exact) mass is 244 g/mol. The molecule has 0 aliphatic heterocycles. The molecule has 1 aromatic heterocycles. The highest BCUT2D eigenvalue weighted by Gasteiger charge is 2.15. The molecule has 0 aromatic carbocycles. The molecule has 0 saturated carbocycles. The molecule has 0 fully saturated rings. The highest BCUT2D eigenvalue weighted by atomic mass is 16.7. The SMILES string of the molecule is CCOC(CCn1cnc([N+](=O)[O-])n1)OCC. The van der Waals surface area contributed by atoms with Gasteiger partial charge in [-0.2, -0.15) is 4.68 Å². The van der Waals surface area contributed by atoms with Gasteiger partial charge in [0.15, 0.2) is 6.29 Å². The van der Waals surface area contributed by atoms with Crippen molar-refractivity contribution in [2.24, 2.45) is 0 Å². The Bertz CT molecular complexity index is 349. The summed E-state index contributed by atoms with van der Waals surface area (Å²) in [7, 11) is 0. The van der Waals surface area contributed by atoms with Gasteiger partial charge in [-0.25, -0.2) is 0 Å². The van der Waals surface area contributed by atoms with Crippen LogP contribution in [-0.4, -0.2) is 39.2 Å². The van der Waals surface area contributed by atoms with Crippen molar-refractivity contribution in [1.82, 2.24) is 14.8 Å². The Morgan fingerprint density at radius 3 is 2.59 bits per heavy atom. The van der Waals surface area contributed by atoms with Crippen LogP contribution in [0.1, 0.15) is 20.3 Å². The molecule has 1 heterocycles. The van der Waals surface area contributed by atoms with Gasteiger partial charge < -0.3 is 19.6 Å². The molecule has 0 saturated heterocycles. The van der Waals surface area contributed by atoms with Crippen LogP contribution >= 0.6 is 0 Å². The molecule has 0 radical (unpaired) electrons. The molecule has 0 unspecified atom stereocenters. The predicted molar refractivity (Wildman–Crippen MR) is 58.3 cm³/mol. The van der Waals surface area contributed by atoms with Crippen molar-refractivity contribution in [1.29, 1.82) is 0 Å². The number of aromatic nitrogens is 3. The summed E-state index contributed by atoms with van der Waals surface area (Å²) in [6.45, 7) is 5.34. The van der Waals surface area contributed by atoms with Crippen LogP contribution in [0.4, 0.5) is 5.95 Å². The highest BCUT2D eigenvalue weighted by Crippen LogP contribution is 2.05. The number of hydrogen-bond acceptors (Lipinski definition) is 6. The topological polar surface area (TPSA) is 92.3 Å². The molecular weight excluding hydrogens is 228 g/mol. The van der Waals surface area contributed by atoms with E-state index >= 15 is 0 Å². The Morgan fingerprint density at radius 1 is 1.47 bits per heavy atom. The van der Waals surface area contributed by atoms with Crippen LogP contribution in [0.15, 0.2) is 6.33 Å². The second-order valence-corrected chi connectivity index (χ2v) is 3.19. The first-order valence-corrected chi connectivity index (χ1v) is 5.44. The van der Waals surface area contributed by atoms with Gasteiger partial charge in [-0.3, -0.25) is 0 Å². The van der Waals surface area contributed by atoms with E-state index in [-0.39, 0.29) is 6.29 Å². The Kier molecular flexibility index (Phi) is 5.50. The van der Waals surface area contributed by atoms with E-state index in [1.165, 1.54) is 11.0 Å². The smallest absolute Gasteiger partial charge is 0.390 e. The number of aryl methyl sites for hydroxylation is 1. The molecular formula is C9H16N4O4. The van der Waals surface area contributed by atoms with E-state index in [4.69, 9.17) is 9.47 Å². The maximum absolute atomic E-state index is 10.4. The molecule has 0 aliphatic carbocycles. The minimum atomic E-state index is -0.626.